The SMILES string of the molecule is COC1(CN=C(N)N2CCC(C)CC2)CCOCC1.I. The Bertz CT molecular complexity index is 312. The highest BCUT2D eigenvalue weighted by molar-refractivity contribution is 14.0. The molecule has 20 heavy (non-hydrogen) atoms. The third kappa shape index (κ3) is 4.73. The molecule has 2 rings (SSSR count). The van der Waals surface area contributed by atoms with E-state index in [1.807, 2.05) is 0 Å². The molecule has 0 aromatic carbocycles. The number of halogens is 1. The van der Waals surface area contributed by atoms with Crippen LogP contribution in [0.3, 0.4) is 0 Å². The number of nitrogens with zero attached hydrogens (tertiary/aromatic N) is 2. The second-order valence-electron chi connectivity index (χ2n) is 5.84. The van der Waals surface area contributed by atoms with Crippen LogP contribution in [0.25, 0.3) is 0 Å². The summed E-state index contributed by atoms with van der Waals surface area (Å²) in [5.74, 6) is 1.49. The second kappa shape index (κ2) is 8.38. The summed E-state index contributed by atoms with van der Waals surface area (Å²) < 4.78 is 11.1. The minimum atomic E-state index is -0.175. The molecule has 0 atom stereocenters. The summed E-state index contributed by atoms with van der Waals surface area (Å²) in [5.41, 5.74) is 5.94. The van der Waals surface area contributed by atoms with E-state index in [4.69, 9.17) is 15.2 Å². The number of methoxy groups -OCH3 is 1. The maximum Gasteiger partial charge on any atom is 0.191 e. The lowest BCUT2D eigenvalue weighted by atomic mass is 9.94. The van der Waals surface area contributed by atoms with Crippen molar-refractivity contribution in [2.75, 3.05) is 40.0 Å². The van der Waals surface area contributed by atoms with Gasteiger partial charge in [0.1, 0.15) is 0 Å². The van der Waals surface area contributed by atoms with Crippen molar-refractivity contribution in [2.24, 2.45) is 16.6 Å². The smallest absolute Gasteiger partial charge is 0.191 e. The maximum atomic E-state index is 6.11. The van der Waals surface area contributed by atoms with E-state index in [0.717, 1.165) is 45.1 Å². The molecule has 6 heteroatoms. The molecule has 118 valence electrons. The zero-order chi connectivity index (χ0) is 13.7. The average Bonchev–Trinajstić information content (AvgIpc) is 2.46. The fourth-order valence-corrected chi connectivity index (χ4v) is 2.73. The largest absolute Gasteiger partial charge is 0.381 e. The van der Waals surface area contributed by atoms with Gasteiger partial charge in [0.15, 0.2) is 5.96 Å². The lowest BCUT2D eigenvalue weighted by molar-refractivity contribution is -0.0829. The third-order valence-electron chi connectivity index (χ3n) is 4.47. The summed E-state index contributed by atoms with van der Waals surface area (Å²) in [7, 11) is 1.76. The van der Waals surface area contributed by atoms with Gasteiger partial charge in [-0.2, -0.15) is 0 Å². The number of piperidine rings is 1. The minimum Gasteiger partial charge on any atom is -0.381 e. The Labute approximate surface area is 139 Å². The third-order valence-corrected chi connectivity index (χ3v) is 4.47. The van der Waals surface area contributed by atoms with E-state index in [2.05, 4.69) is 16.8 Å². The molecule has 0 unspecified atom stereocenters. The van der Waals surface area contributed by atoms with Gasteiger partial charge in [0.2, 0.25) is 0 Å². The molecule has 0 saturated carbocycles. The predicted molar refractivity (Wildman–Crippen MR) is 91.7 cm³/mol. The zero-order valence-corrected chi connectivity index (χ0v) is 15.0. The Morgan fingerprint density at radius 3 is 2.50 bits per heavy atom. The lowest BCUT2D eigenvalue weighted by Gasteiger charge is -2.35. The van der Waals surface area contributed by atoms with Crippen molar-refractivity contribution >= 4 is 29.9 Å². The number of ether oxygens (including phenoxy) is 2. The Hall–Kier alpha value is -0.0800. The molecule has 2 aliphatic heterocycles. The van der Waals surface area contributed by atoms with Crippen molar-refractivity contribution in [1.29, 1.82) is 0 Å². The Kier molecular flexibility index (Phi) is 7.53. The first-order chi connectivity index (χ1) is 9.15. The molecule has 0 aromatic heterocycles. The van der Waals surface area contributed by atoms with Gasteiger partial charge in [-0.1, -0.05) is 6.92 Å². The maximum absolute atomic E-state index is 6.11. The van der Waals surface area contributed by atoms with Gasteiger partial charge in [-0.05, 0) is 18.8 Å². The number of likely N-dealkylation sites (tertiary alicyclic amines) is 1. The monoisotopic (exact) mass is 397 g/mol. The number of hydrogen-bond acceptors (Lipinski definition) is 3. The van der Waals surface area contributed by atoms with E-state index in [9.17, 15) is 0 Å². The van der Waals surface area contributed by atoms with E-state index in [1.54, 1.807) is 7.11 Å². The van der Waals surface area contributed by atoms with E-state index in [-0.39, 0.29) is 29.6 Å². The van der Waals surface area contributed by atoms with Gasteiger partial charge >= 0.3 is 0 Å². The predicted octanol–water partition coefficient (Wildman–Crippen LogP) is 1.85. The van der Waals surface area contributed by atoms with Gasteiger partial charge in [-0.3, -0.25) is 4.99 Å². The van der Waals surface area contributed by atoms with Gasteiger partial charge in [0.05, 0.1) is 12.1 Å². The standard InChI is InChI=1S/C14H27N3O2.HI/c1-12-3-7-17(8-4-12)13(15)16-11-14(18-2)5-9-19-10-6-14;/h12H,3-11H2,1-2H3,(H2,15,16);1H. The van der Waals surface area contributed by atoms with Gasteiger partial charge in [0.25, 0.3) is 0 Å². The summed E-state index contributed by atoms with van der Waals surface area (Å²) in [6, 6.07) is 0. The highest BCUT2D eigenvalue weighted by Crippen LogP contribution is 2.25. The van der Waals surface area contributed by atoms with Crippen LogP contribution in [0.1, 0.15) is 32.6 Å². The summed E-state index contributed by atoms with van der Waals surface area (Å²) in [4.78, 5) is 6.78. The summed E-state index contributed by atoms with van der Waals surface area (Å²) in [5, 5.41) is 0. The number of rotatable bonds is 3. The minimum absolute atomic E-state index is 0. The van der Waals surface area contributed by atoms with E-state index in [0.29, 0.717) is 12.5 Å². The van der Waals surface area contributed by atoms with E-state index >= 15 is 0 Å². The van der Waals surface area contributed by atoms with Gasteiger partial charge in [-0.25, -0.2) is 0 Å². The molecule has 5 nitrogen and oxygen atoms in total. The quantitative estimate of drug-likeness (QED) is 0.449. The molecular formula is C14H28IN3O2. The van der Waals surface area contributed by atoms with Crippen LogP contribution in [-0.2, 0) is 9.47 Å². The number of guanidine groups is 1. The molecule has 0 aromatic rings. The van der Waals surface area contributed by atoms with Crippen LogP contribution < -0.4 is 5.73 Å². The molecule has 2 heterocycles. The lowest BCUT2D eigenvalue weighted by Crippen LogP contribution is -2.45. The van der Waals surface area contributed by atoms with E-state index in [1.165, 1.54) is 12.8 Å². The van der Waals surface area contributed by atoms with Crippen molar-refractivity contribution in [3.63, 3.8) is 0 Å². The van der Waals surface area contributed by atoms with Gasteiger partial charge in [0, 0.05) is 46.3 Å². The normalized spacial score (nSPS) is 24.3. The molecule has 0 amide bonds. The van der Waals surface area contributed by atoms with Crippen LogP contribution in [-0.4, -0.2) is 56.4 Å². The fraction of sp³-hybridized carbons (Fsp3) is 0.929. The summed E-state index contributed by atoms with van der Waals surface area (Å²) >= 11 is 0. The van der Waals surface area contributed by atoms with Crippen molar-refractivity contribution in [2.45, 2.75) is 38.2 Å². The van der Waals surface area contributed by atoms with Gasteiger partial charge < -0.3 is 20.1 Å². The Balaban J connectivity index is 0.00000200. The zero-order valence-electron chi connectivity index (χ0n) is 12.6. The molecule has 2 aliphatic rings. The first-order valence-electron chi connectivity index (χ1n) is 7.33. The van der Waals surface area contributed by atoms with Crippen LogP contribution in [0.4, 0.5) is 0 Å². The fourth-order valence-electron chi connectivity index (χ4n) is 2.73. The highest BCUT2D eigenvalue weighted by Gasteiger charge is 2.32. The first kappa shape index (κ1) is 18.0. The van der Waals surface area contributed by atoms with Crippen LogP contribution in [0.5, 0.6) is 0 Å². The molecular weight excluding hydrogens is 369 g/mol. The van der Waals surface area contributed by atoms with Crippen molar-refractivity contribution in [3.8, 4) is 0 Å². The molecule has 0 bridgehead atoms. The molecule has 0 aliphatic carbocycles. The van der Waals surface area contributed by atoms with Crippen LogP contribution in [0, 0.1) is 5.92 Å². The Morgan fingerprint density at radius 2 is 1.95 bits per heavy atom. The molecule has 0 radical (unpaired) electrons. The van der Waals surface area contributed by atoms with Crippen LogP contribution in [0.15, 0.2) is 4.99 Å². The molecule has 2 saturated heterocycles. The van der Waals surface area contributed by atoms with Crippen molar-refractivity contribution < 1.29 is 9.47 Å². The number of hydrogen-bond donors (Lipinski definition) is 1. The van der Waals surface area contributed by atoms with E-state index < -0.39 is 0 Å². The number of aliphatic imine (C=N–C) groups is 1. The number of nitrogens with two attached hydrogens (primary N) is 1. The first-order valence-corrected chi connectivity index (χ1v) is 7.33. The second-order valence-corrected chi connectivity index (χ2v) is 5.84. The Morgan fingerprint density at radius 1 is 1.35 bits per heavy atom. The van der Waals surface area contributed by atoms with Crippen LogP contribution >= 0.6 is 24.0 Å². The summed E-state index contributed by atoms with van der Waals surface area (Å²) in [6.45, 7) is 6.51. The highest BCUT2D eigenvalue weighted by atomic mass is 127. The van der Waals surface area contributed by atoms with Gasteiger partial charge in [-0.15, -0.1) is 24.0 Å². The van der Waals surface area contributed by atoms with Crippen molar-refractivity contribution in [1.82, 2.24) is 4.90 Å². The van der Waals surface area contributed by atoms with Crippen molar-refractivity contribution in [3.05, 3.63) is 0 Å². The average molecular weight is 397 g/mol. The molecule has 0 spiro atoms. The summed E-state index contributed by atoms with van der Waals surface area (Å²) in [6.07, 6.45) is 4.22. The molecule has 2 N–H and O–H groups in total. The topological polar surface area (TPSA) is 60.1 Å². The van der Waals surface area contributed by atoms with Crippen LogP contribution in [0.2, 0.25) is 0 Å². The molecule has 2 fully saturated rings.